The van der Waals surface area contributed by atoms with E-state index in [1.807, 2.05) is 57.2 Å². The first-order valence-corrected chi connectivity index (χ1v) is 10.1. The number of nitrogens with two attached hydrogens (primary N) is 1. The first-order valence-electron chi connectivity index (χ1n) is 9.77. The van der Waals surface area contributed by atoms with Gasteiger partial charge in [0.05, 0.1) is 17.4 Å². The van der Waals surface area contributed by atoms with E-state index >= 15 is 0 Å². The molecule has 0 atom stereocenters. The largest absolute Gasteiger partial charge is 0.459 e. The lowest BCUT2D eigenvalue weighted by Gasteiger charge is -2.11. The standard InChI is InChI=1S/C23H25ClN4O2/c1-14(2)30-22(29)17-9-7-16(8-10-17)11-12-26-21-13-20(27-23(25)28-21)18-5-4-6-19(24)15(18)3/h4-10,13-14H,11-12H2,1-3H3,(H3,25,26,27,28). The Balaban J connectivity index is 1.64. The van der Waals surface area contributed by atoms with Crippen molar-refractivity contribution >= 4 is 29.3 Å². The third kappa shape index (κ3) is 5.48. The molecule has 0 aliphatic rings. The highest BCUT2D eigenvalue weighted by Gasteiger charge is 2.10. The molecule has 7 heteroatoms. The summed E-state index contributed by atoms with van der Waals surface area (Å²) in [5, 5.41) is 3.97. The fourth-order valence-corrected chi connectivity index (χ4v) is 3.18. The van der Waals surface area contributed by atoms with E-state index in [2.05, 4.69) is 15.3 Å². The van der Waals surface area contributed by atoms with E-state index in [0.29, 0.717) is 22.9 Å². The molecule has 6 nitrogen and oxygen atoms in total. The number of ether oxygens (including phenoxy) is 1. The van der Waals surface area contributed by atoms with Gasteiger partial charge in [-0.2, -0.15) is 4.98 Å². The lowest BCUT2D eigenvalue weighted by molar-refractivity contribution is 0.0378. The molecule has 156 valence electrons. The van der Waals surface area contributed by atoms with Crippen molar-refractivity contribution in [2.24, 2.45) is 0 Å². The van der Waals surface area contributed by atoms with Crippen LogP contribution < -0.4 is 11.1 Å². The number of nitrogen functional groups attached to an aromatic ring is 1. The summed E-state index contributed by atoms with van der Waals surface area (Å²) in [4.78, 5) is 20.5. The van der Waals surface area contributed by atoms with Crippen LogP contribution in [0.2, 0.25) is 5.02 Å². The zero-order valence-corrected chi connectivity index (χ0v) is 18.0. The second kappa shape index (κ2) is 9.59. The van der Waals surface area contributed by atoms with Crippen LogP contribution in [0.4, 0.5) is 11.8 Å². The number of nitrogens with one attached hydrogen (secondary N) is 1. The highest BCUT2D eigenvalue weighted by atomic mass is 35.5. The molecule has 2 aromatic carbocycles. The second-order valence-corrected chi connectivity index (χ2v) is 7.64. The maximum Gasteiger partial charge on any atom is 0.338 e. The summed E-state index contributed by atoms with van der Waals surface area (Å²) in [5.41, 5.74) is 10.1. The molecule has 0 saturated heterocycles. The number of aromatic nitrogens is 2. The Kier molecular flexibility index (Phi) is 6.90. The zero-order valence-electron chi connectivity index (χ0n) is 17.3. The van der Waals surface area contributed by atoms with Gasteiger partial charge in [0.2, 0.25) is 5.95 Å². The Morgan fingerprint density at radius 3 is 2.60 bits per heavy atom. The number of hydrogen-bond donors (Lipinski definition) is 2. The number of rotatable bonds is 7. The number of esters is 1. The number of carbonyl (C=O) groups is 1. The van der Waals surface area contributed by atoms with Gasteiger partial charge in [0.25, 0.3) is 0 Å². The fraction of sp³-hybridized carbons (Fsp3) is 0.261. The topological polar surface area (TPSA) is 90.1 Å². The van der Waals surface area contributed by atoms with Gasteiger partial charge >= 0.3 is 5.97 Å². The average Bonchev–Trinajstić information content (AvgIpc) is 2.69. The quantitative estimate of drug-likeness (QED) is 0.524. The van der Waals surface area contributed by atoms with E-state index in [-0.39, 0.29) is 18.0 Å². The molecule has 0 bridgehead atoms. The molecule has 0 fully saturated rings. The Labute approximate surface area is 181 Å². The normalized spacial score (nSPS) is 10.8. The van der Waals surface area contributed by atoms with Gasteiger partial charge in [0.15, 0.2) is 0 Å². The number of nitrogens with zero attached hydrogens (tertiary/aromatic N) is 2. The van der Waals surface area contributed by atoms with Crippen molar-refractivity contribution in [2.45, 2.75) is 33.3 Å². The number of benzene rings is 2. The van der Waals surface area contributed by atoms with E-state index < -0.39 is 0 Å². The highest BCUT2D eigenvalue weighted by molar-refractivity contribution is 6.31. The van der Waals surface area contributed by atoms with Gasteiger partial charge in [0, 0.05) is 23.2 Å². The van der Waals surface area contributed by atoms with Crippen molar-refractivity contribution in [1.82, 2.24) is 9.97 Å². The van der Waals surface area contributed by atoms with Crippen molar-refractivity contribution in [1.29, 1.82) is 0 Å². The zero-order chi connectivity index (χ0) is 21.7. The van der Waals surface area contributed by atoms with Crippen molar-refractivity contribution in [3.05, 3.63) is 70.2 Å². The molecule has 0 radical (unpaired) electrons. The SMILES string of the molecule is Cc1c(Cl)cccc1-c1cc(NCCc2ccc(C(=O)OC(C)C)cc2)nc(N)n1. The van der Waals surface area contributed by atoms with Crippen LogP contribution >= 0.6 is 11.6 Å². The van der Waals surface area contributed by atoms with Crippen LogP contribution in [0.15, 0.2) is 48.5 Å². The predicted octanol–water partition coefficient (Wildman–Crippen LogP) is 4.91. The maximum atomic E-state index is 11.9. The minimum absolute atomic E-state index is 0.137. The Morgan fingerprint density at radius 1 is 1.17 bits per heavy atom. The summed E-state index contributed by atoms with van der Waals surface area (Å²) < 4.78 is 5.20. The number of anilines is 2. The lowest BCUT2D eigenvalue weighted by Crippen LogP contribution is -2.12. The highest BCUT2D eigenvalue weighted by Crippen LogP contribution is 2.28. The van der Waals surface area contributed by atoms with Crippen molar-refractivity contribution in [3.8, 4) is 11.3 Å². The Bertz CT molecular complexity index is 1040. The molecule has 3 rings (SSSR count). The van der Waals surface area contributed by atoms with E-state index in [1.54, 1.807) is 12.1 Å². The van der Waals surface area contributed by atoms with Crippen LogP contribution in [0.5, 0.6) is 0 Å². The van der Waals surface area contributed by atoms with Crippen LogP contribution in [0.3, 0.4) is 0 Å². The number of halogens is 1. The molecule has 1 heterocycles. The molecular weight excluding hydrogens is 400 g/mol. The van der Waals surface area contributed by atoms with Gasteiger partial charge in [-0.3, -0.25) is 0 Å². The molecular formula is C23H25ClN4O2. The predicted molar refractivity (Wildman–Crippen MR) is 121 cm³/mol. The molecule has 3 N–H and O–H groups in total. The van der Waals surface area contributed by atoms with E-state index in [4.69, 9.17) is 22.1 Å². The third-order valence-corrected chi connectivity index (χ3v) is 4.95. The van der Waals surface area contributed by atoms with Crippen molar-refractivity contribution in [2.75, 3.05) is 17.6 Å². The monoisotopic (exact) mass is 424 g/mol. The third-order valence-electron chi connectivity index (χ3n) is 4.54. The van der Waals surface area contributed by atoms with Crippen molar-refractivity contribution < 1.29 is 9.53 Å². The molecule has 1 aromatic heterocycles. The number of hydrogen-bond acceptors (Lipinski definition) is 6. The molecule has 0 amide bonds. The molecule has 0 saturated carbocycles. The van der Waals surface area contributed by atoms with Crippen LogP contribution in [-0.2, 0) is 11.2 Å². The van der Waals surface area contributed by atoms with Gasteiger partial charge in [-0.25, -0.2) is 9.78 Å². The smallest absolute Gasteiger partial charge is 0.338 e. The summed E-state index contributed by atoms with van der Waals surface area (Å²) in [6.07, 6.45) is 0.622. The summed E-state index contributed by atoms with van der Waals surface area (Å²) in [6.45, 7) is 6.26. The first-order chi connectivity index (χ1) is 14.3. The van der Waals surface area contributed by atoms with Gasteiger partial charge < -0.3 is 15.8 Å². The van der Waals surface area contributed by atoms with Crippen molar-refractivity contribution in [3.63, 3.8) is 0 Å². The van der Waals surface area contributed by atoms with Gasteiger partial charge in [-0.1, -0.05) is 35.9 Å². The first kappa shape index (κ1) is 21.6. The minimum atomic E-state index is -0.310. The maximum absolute atomic E-state index is 11.9. The van der Waals surface area contributed by atoms with Crippen LogP contribution in [0.1, 0.15) is 35.3 Å². The Morgan fingerprint density at radius 2 is 1.90 bits per heavy atom. The average molecular weight is 425 g/mol. The van der Waals surface area contributed by atoms with E-state index in [1.165, 1.54) is 0 Å². The van der Waals surface area contributed by atoms with Crippen LogP contribution in [-0.4, -0.2) is 28.6 Å². The van der Waals surface area contributed by atoms with E-state index in [0.717, 1.165) is 28.8 Å². The molecule has 3 aromatic rings. The van der Waals surface area contributed by atoms with Gasteiger partial charge in [0.1, 0.15) is 5.82 Å². The molecule has 30 heavy (non-hydrogen) atoms. The summed E-state index contributed by atoms with van der Waals surface area (Å²) in [5.74, 6) is 0.534. The summed E-state index contributed by atoms with van der Waals surface area (Å²) in [7, 11) is 0. The van der Waals surface area contributed by atoms with Gasteiger partial charge in [-0.15, -0.1) is 0 Å². The Hall–Kier alpha value is -3.12. The lowest BCUT2D eigenvalue weighted by atomic mass is 10.1. The molecule has 0 aliphatic heterocycles. The molecule has 0 unspecified atom stereocenters. The minimum Gasteiger partial charge on any atom is -0.459 e. The van der Waals surface area contributed by atoms with E-state index in [9.17, 15) is 4.79 Å². The van der Waals surface area contributed by atoms with Crippen LogP contribution in [0, 0.1) is 6.92 Å². The van der Waals surface area contributed by atoms with Crippen LogP contribution in [0.25, 0.3) is 11.3 Å². The summed E-state index contributed by atoms with van der Waals surface area (Å²) in [6, 6.07) is 15.0. The van der Waals surface area contributed by atoms with Gasteiger partial charge in [-0.05, 0) is 56.5 Å². The summed E-state index contributed by atoms with van der Waals surface area (Å²) >= 11 is 6.23. The molecule has 0 aliphatic carbocycles. The molecule has 0 spiro atoms. The number of carbonyl (C=O) groups excluding carboxylic acids is 1. The second-order valence-electron chi connectivity index (χ2n) is 7.24. The fourth-order valence-electron chi connectivity index (χ4n) is 3.00.